The van der Waals surface area contributed by atoms with Gasteiger partial charge in [0.2, 0.25) is 0 Å². The molecule has 1 saturated heterocycles. The second-order valence-electron chi connectivity index (χ2n) is 5.40. The summed E-state index contributed by atoms with van der Waals surface area (Å²) in [5.74, 6) is -0.0707. The first-order valence-corrected chi connectivity index (χ1v) is 7.35. The van der Waals surface area contributed by atoms with Crippen molar-refractivity contribution >= 4 is 17.3 Å². The van der Waals surface area contributed by atoms with E-state index in [4.69, 9.17) is 0 Å². The van der Waals surface area contributed by atoms with Crippen LogP contribution >= 0.6 is 0 Å². The van der Waals surface area contributed by atoms with E-state index in [0.29, 0.717) is 18.8 Å². The molecule has 0 bridgehead atoms. The van der Waals surface area contributed by atoms with Crippen LogP contribution in [0, 0.1) is 10.1 Å². The Kier molecular flexibility index (Phi) is 4.18. The number of carbonyl (C=O) groups excluding carboxylic acids is 1. The fourth-order valence-electron chi connectivity index (χ4n) is 2.63. The third-order valence-corrected chi connectivity index (χ3v) is 3.81. The van der Waals surface area contributed by atoms with E-state index < -0.39 is 4.92 Å². The predicted molar refractivity (Wildman–Crippen MR) is 85.3 cm³/mol. The van der Waals surface area contributed by atoms with E-state index in [2.05, 4.69) is 10.3 Å². The van der Waals surface area contributed by atoms with Crippen molar-refractivity contribution in [3.63, 3.8) is 0 Å². The Bertz CT molecular complexity index is 703. The summed E-state index contributed by atoms with van der Waals surface area (Å²) in [6.45, 7) is 1.26. The van der Waals surface area contributed by atoms with Gasteiger partial charge in [0.05, 0.1) is 4.92 Å². The number of hydrogen-bond donors (Lipinski definition) is 1. The maximum absolute atomic E-state index is 12.3. The van der Waals surface area contributed by atoms with E-state index in [1.807, 2.05) is 0 Å². The van der Waals surface area contributed by atoms with Crippen molar-refractivity contribution in [3.8, 4) is 0 Å². The number of likely N-dealkylation sites (tertiary alicyclic amines) is 1. The van der Waals surface area contributed by atoms with E-state index in [9.17, 15) is 14.9 Å². The molecule has 7 heteroatoms. The van der Waals surface area contributed by atoms with Gasteiger partial charge in [0.25, 0.3) is 11.6 Å². The fourth-order valence-corrected chi connectivity index (χ4v) is 2.63. The Balaban J connectivity index is 1.59. The van der Waals surface area contributed by atoms with E-state index in [1.54, 1.807) is 41.4 Å². The zero-order valence-corrected chi connectivity index (χ0v) is 12.4. The first-order chi connectivity index (χ1) is 11.1. The average molecular weight is 312 g/mol. The third kappa shape index (κ3) is 3.45. The summed E-state index contributed by atoms with van der Waals surface area (Å²) in [6.07, 6.45) is 2.44. The topological polar surface area (TPSA) is 88.4 Å². The molecule has 3 rings (SSSR count). The van der Waals surface area contributed by atoms with Gasteiger partial charge in [-0.3, -0.25) is 19.9 Å². The maximum atomic E-state index is 12.3. The lowest BCUT2D eigenvalue weighted by Crippen LogP contribution is -2.32. The number of amides is 1. The molecule has 0 radical (unpaired) electrons. The summed E-state index contributed by atoms with van der Waals surface area (Å²) in [5.41, 5.74) is 1.32. The van der Waals surface area contributed by atoms with Gasteiger partial charge in [0.1, 0.15) is 5.69 Å². The van der Waals surface area contributed by atoms with Gasteiger partial charge in [-0.15, -0.1) is 0 Å². The summed E-state index contributed by atoms with van der Waals surface area (Å²) < 4.78 is 0. The maximum Gasteiger partial charge on any atom is 0.272 e. The molecule has 1 aromatic heterocycles. The van der Waals surface area contributed by atoms with Crippen LogP contribution in [0.1, 0.15) is 16.9 Å². The van der Waals surface area contributed by atoms with Crippen LogP contribution in [-0.2, 0) is 0 Å². The minimum absolute atomic E-state index is 0.0638. The number of hydrogen-bond acceptors (Lipinski definition) is 5. The van der Waals surface area contributed by atoms with Gasteiger partial charge < -0.3 is 10.2 Å². The number of anilines is 1. The highest BCUT2D eigenvalue weighted by molar-refractivity contribution is 5.92. The Morgan fingerprint density at radius 2 is 2.04 bits per heavy atom. The lowest BCUT2D eigenvalue weighted by molar-refractivity contribution is -0.384. The second-order valence-corrected chi connectivity index (χ2v) is 5.40. The molecule has 1 aliphatic rings. The Morgan fingerprint density at radius 3 is 2.70 bits per heavy atom. The summed E-state index contributed by atoms with van der Waals surface area (Å²) in [6, 6.07) is 11.7. The van der Waals surface area contributed by atoms with Gasteiger partial charge in [-0.2, -0.15) is 0 Å². The van der Waals surface area contributed by atoms with Crippen molar-refractivity contribution in [2.24, 2.45) is 0 Å². The fraction of sp³-hybridized carbons (Fsp3) is 0.250. The molecule has 1 fully saturated rings. The SMILES string of the molecule is O=C(c1ccccn1)N1CCC(Nc2ccc([N+](=O)[O-])cc2)C1. The molecule has 7 nitrogen and oxygen atoms in total. The number of carbonyl (C=O) groups is 1. The number of benzene rings is 1. The minimum atomic E-state index is -0.424. The van der Waals surface area contributed by atoms with Crippen LogP contribution in [0.3, 0.4) is 0 Å². The molecule has 118 valence electrons. The number of non-ortho nitro benzene ring substituents is 1. The normalized spacial score (nSPS) is 17.0. The number of nitro groups is 1. The predicted octanol–water partition coefficient (Wildman–Crippen LogP) is 2.32. The minimum Gasteiger partial charge on any atom is -0.380 e. The van der Waals surface area contributed by atoms with Gasteiger partial charge >= 0.3 is 0 Å². The van der Waals surface area contributed by atoms with Crippen molar-refractivity contribution in [1.82, 2.24) is 9.88 Å². The van der Waals surface area contributed by atoms with E-state index in [1.165, 1.54) is 12.1 Å². The van der Waals surface area contributed by atoms with Gasteiger partial charge in [0.15, 0.2) is 0 Å². The largest absolute Gasteiger partial charge is 0.380 e. The van der Waals surface area contributed by atoms with E-state index in [0.717, 1.165) is 12.1 Å². The zero-order chi connectivity index (χ0) is 16.2. The van der Waals surface area contributed by atoms with Crippen LogP contribution in [0.15, 0.2) is 48.7 Å². The number of rotatable bonds is 4. The highest BCUT2D eigenvalue weighted by atomic mass is 16.6. The van der Waals surface area contributed by atoms with Crippen LogP contribution < -0.4 is 5.32 Å². The van der Waals surface area contributed by atoms with Crippen molar-refractivity contribution in [2.75, 3.05) is 18.4 Å². The van der Waals surface area contributed by atoms with E-state index >= 15 is 0 Å². The number of nitrogens with zero attached hydrogens (tertiary/aromatic N) is 3. The molecular formula is C16H16N4O3. The lowest BCUT2D eigenvalue weighted by atomic mass is 10.2. The van der Waals surface area contributed by atoms with Crippen LogP contribution in [0.2, 0.25) is 0 Å². The standard InChI is InChI=1S/C16H16N4O3/c21-16(15-3-1-2-9-17-15)19-10-8-13(11-19)18-12-4-6-14(7-5-12)20(22)23/h1-7,9,13,18H,8,10-11H2. The second kappa shape index (κ2) is 6.43. The number of nitrogens with one attached hydrogen (secondary N) is 1. The highest BCUT2D eigenvalue weighted by Gasteiger charge is 2.27. The summed E-state index contributed by atoms with van der Waals surface area (Å²) >= 11 is 0. The molecule has 0 spiro atoms. The molecule has 1 atom stereocenters. The summed E-state index contributed by atoms with van der Waals surface area (Å²) in [5, 5.41) is 14.0. The van der Waals surface area contributed by atoms with Crippen LogP contribution in [0.25, 0.3) is 0 Å². The van der Waals surface area contributed by atoms with Crippen molar-refractivity contribution in [3.05, 3.63) is 64.5 Å². The highest BCUT2D eigenvalue weighted by Crippen LogP contribution is 2.20. The summed E-state index contributed by atoms with van der Waals surface area (Å²) in [7, 11) is 0. The molecule has 2 heterocycles. The van der Waals surface area contributed by atoms with Crippen LogP contribution in [0.4, 0.5) is 11.4 Å². The quantitative estimate of drug-likeness (QED) is 0.691. The number of nitro benzene ring substituents is 1. The molecule has 1 aromatic carbocycles. The molecule has 1 unspecified atom stereocenters. The Labute approximate surface area is 133 Å². The smallest absolute Gasteiger partial charge is 0.272 e. The molecule has 23 heavy (non-hydrogen) atoms. The molecule has 2 aromatic rings. The lowest BCUT2D eigenvalue weighted by Gasteiger charge is -2.17. The van der Waals surface area contributed by atoms with Crippen LogP contribution in [-0.4, -0.2) is 39.8 Å². The van der Waals surface area contributed by atoms with Crippen molar-refractivity contribution < 1.29 is 9.72 Å². The van der Waals surface area contributed by atoms with Crippen LogP contribution in [0.5, 0.6) is 0 Å². The van der Waals surface area contributed by atoms with Crippen molar-refractivity contribution in [1.29, 1.82) is 0 Å². The zero-order valence-electron chi connectivity index (χ0n) is 12.4. The monoisotopic (exact) mass is 312 g/mol. The Morgan fingerprint density at radius 1 is 1.26 bits per heavy atom. The molecule has 1 amide bonds. The first-order valence-electron chi connectivity index (χ1n) is 7.35. The third-order valence-electron chi connectivity index (χ3n) is 3.81. The first kappa shape index (κ1) is 15.0. The van der Waals surface area contributed by atoms with E-state index in [-0.39, 0.29) is 17.6 Å². The molecular weight excluding hydrogens is 296 g/mol. The average Bonchev–Trinajstić information content (AvgIpc) is 3.04. The number of aromatic nitrogens is 1. The molecule has 1 aliphatic heterocycles. The van der Waals surface area contributed by atoms with Gasteiger partial charge in [-0.25, -0.2) is 0 Å². The summed E-state index contributed by atoms with van der Waals surface area (Å²) in [4.78, 5) is 28.4. The number of pyridine rings is 1. The van der Waals surface area contributed by atoms with Gasteiger partial charge in [-0.05, 0) is 30.7 Å². The molecule has 1 N–H and O–H groups in total. The van der Waals surface area contributed by atoms with Gasteiger partial charge in [-0.1, -0.05) is 6.07 Å². The molecule has 0 saturated carbocycles. The van der Waals surface area contributed by atoms with Gasteiger partial charge in [0, 0.05) is 43.1 Å². The Hall–Kier alpha value is -2.96. The molecule has 0 aliphatic carbocycles. The van der Waals surface area contributed by atoms with Crippen molar-refractivity contribution in [2.45, 2.75) is 12.5 Å².